The van der Waals surface area contributed by atoms with Crippen molar-refractivity contribution in [2.24, 2.45) is 0 Å². The summed E-state index contributed by atoms with van der Waals surface area (Å²) in [6, 6.07) is 16.8. The molecule has 1 heterocycles. The molecule has 0 radical (unpaired) electrons. The zero-order valence-corrected chi connectivity index (χ0v) is 21.6. The van der Waals surface area contributed by atoms with Gasteiger partial charge in [0.15, 0.2) is 0 Å². The summed E-state index contributed by atoms with van der Waals surface area (Å²) in [5.41, 5.74) is 0.820. The largest absolute Gasteiger partial charge is 0.497 e. The summed E-state index contributed by atoms with van der Waals surface area (Å²) in [4.78, 5) is 32.2. The van der Waals surface area contributed by atoms with Crippen molar-refractivity contribution in [3.8, 4) is 5.75 Å². The highest BCUT2D eigenvalue weighted by Gasteiger charge is 2.30. The first-order valence-corrected chi connectivity index (χ1v) is 12.2. The number of aryl methyl sites for hydroxylation is 1. The molecule has 186 valence electrons. The van der Waals surface area contributed by atoms with E-state index in [4.69, 9.17) is 4.74 Å². The van der Waals surface area contributed by atoms with Crippen LogP contribution in [0.2, 0.25) is 0 Å². The number of anilines is 1. The summed E-state index contributed by atoms with van der Waals surface area (Å²) in [5.74, 6) is 0.168. The molecule has 2 aromatic carbocycles. The first kappa shape index (κ1) is 26.2. The molecule has 0 spiro atoms. The molecular weight excluding hydrogens is 465 g/mol. The highest BCUT2D eigenvalue weighted by molar-refractivity contribution is 7.11. The fourth-order valence-corrected chi connectivity index (χ4v) is 4.42. The van der Waals surface area contributed by atoms with Gasteiger partial charge in [-0.15, -0.1) is 11.3 Å². The van der Waals surface area contributed by atoms with Gasteiger partial charge in [-0.25, -0.2) is 9.18 Å². The van der Waals surface area contributed by atoms with Crippen LogP contribution in [0.5, 0.6) is 5.75 Å². The van der Waals surface area contributed by atoms with Gasteiger partial charge in [-0.3, -0.25) is 4.79 Å². The zero-order valence-electron chi connectivity index (χ0n) is 20.8. The van der Waals surface area contributed by atoms with Crippen LogP contribution in [-0.2, 0) is 17.9 Å². The lowest BCUT2D eigenvalue weighted by molar-refractivity contribution is -0.133. The Morgan fingerprint density at radius 1 is 0.971 bits per heavy atom. The van der Waals surface area contributed by atoms with Crippen molar-refractivity contribution in [1.82, 2.24) is 9.80 Å². The number of carbonyl (C=O) groups is 2. The monoisotopic (exact) mass is 497 g/mol. The molecule has 1 N–H and O–H groups in total. The minimum absolute atomic E-state index is 0.100. The molecule has 0 fully saturated rings. The molecule has 8 heteroatoms. The normalized spacial score (nSPS) is 11.1. The molecule has 35 heavy (non-hydrogen) atoms. The average molecular weight is 498 g/mol. The summed E-state index contributed by atoms with van der Waals surface area (Å²) >= 11 is 1.62. The van der Waals surface area contributed by atoms with E-state index in [0.29, 0.717) is 24.5 Å². The fraction of sp³-hybridized carbons (Fsp3) is 0.333. The van der Waals surface area contributed by atoms with E-state index >= 15 is 0 Å². The molecule has 3 amide bonds. The van der Waals surface area contributed by atoms with E-state index in [2.05, 4.69) is 5.32 Å². The van der Waals surface area contributed by atoms with Crippen LogP contribution < -0.4 is 10.1 Å². The minimum atomic E-state index is -0.604. The predicted octanol–water partition coefficient (Wildman–Crippen LogP) is 6.07. The van der Waals surface area contributed by atoms with Crippen LogP contribution >= 0.6 is 11.3 Å². The maximum atomic E-state index is 13.5. The second-order valence-corrected chi connectivity index (χ2v) is 10.7. The number of rotatable bonds is 8. The lowest BCUT2D eigenvalue weighted by atomic mass is 10.1. The smallest absolute Gasteiger partial charge is 0.322 e. The van der Waals surface area contributed by atoms with Crippen LogP contribution in [0.4, 0.5) is 14.9 Å². The number of amides is 3. The molecule has 0 aliphatic carbocycles. The maximum absolute atomic E-state index is 13.5. The Balaban J connectivity index is 1.79. The number of benzene rings is 2. The first-order chi connectivity index (χ1) is 16.5. The van der Waals surface area contributed by atoms with Crippen LogP contribution in [0.1, 0.15) is 36.1 Å². The Labute approximate surface area is 210 Å². The molecule has 3 rings (SSSR count). The Kier molecular flexibility index (Phi) is 8.51. The van der Waals surface area contributed by atoms with E-state index in [9.17, 15) is 14.0 Å². The van der Waals surface area contributed by atoms with Crippen molar-refractivity contribution in [3.63, 3.8) is 0 Å². The van der Waals surface area contributed by atoms with Gasteiger partial charge in [0.2, 0.25) is 5.91 Å². The van der Waals surface area contributed by atoms with Crippen LogP contribution in [0.15, 0.2) is 60.7 Å². The van der Waals surface area contributed by atoms with Crippen LogP contribution in [0, 0.1) is 12.7 Å². The summed E-state index contributed by atoms with van der Waals surface area (Å²) in [6.07, 6.45) is 0. The number of hydrogen-bond donors (Lipinski definition) is 1. The van der Waals surface area contributed by atoms with E-state index in [0.717, 1.165) is 15.3 Å². The summed E-state index contributed by atoms with van der Waals surface area (Å²) < 4.78 is 18.6. The van der Waals surface area contributed by atoms with Gasteiger partial charge in [0.25, 0.3) is 0 Å². The fourth-order valence-electron chi connectivity index (χ4n) is 3.51. The van der Waals surface area contributed by atoms with Gasteiger partial charge in [0.1, 0.15) is 18.1 Å². The molecule has 0 aliphatic rings. The lowest BCUT2D eigenvalue weighted by Crippen LogP contribution is -2.52. The van der Waals surface area contributed by atoms with Gasteiger partial charge in [-0.1, -0.05) is 12.1 Å². The lowest BCUT2D eigenvalue weighted by Gasteiger charge is -2.36. The van der Waals surface area contributed by atoms with E-state index in [-0.39, 0.29) is 24.3 Å². The molecule has 0 saturated carbocycles. The van der Waals surface area contributed by atoms with Gasteiger partial charge >= 0.3 is 6.03 Å². The van der Waals surface area contributed by atoms with Crippen LogP contribution in [0.25, 0.3) is 0 Å². The predicted molar refractivity (Wildman–Crippen MR) is 138 cm³/mol. The molecule has 0 aliphatic heterocycles. The highest BCUT2D eigenvalue weighted by Crippen LogP contribution is 2.22. The van der Waals surface area contributed by atoms with Crippen molar-refractivity contribution in [1.29, 1.82) is 0 Å². The minimum Gasteiger partial charge on any atom is -0.497 e. The quantitative estimate of drug-likeness (QED) is 0.411. The van der Waals surface area contributed by atoms with Gasteiger partial charge in [0, 0.05) is 27.5 Å². The number of nitrogens with zero attached hydrogens (tertiary/aromatic N) is 2. The topological polar surface area (TPSA) is 61.9 Å². The SMILES string of the molecule is COc1ccc(NC(=O)N(CC(=O)N(Cc2ccc(F)cc2)Cc2ccc(C)s2)C(C)(C)C)cc1. The Bertz CT molecular complexity index is 1140. The second-order valence-electron chi connectivity index (χ2n) is 9.30. The third-order valence-electron chi connectivity index (χ3n) is 5.47. The van der Waals surface area contributed by atoms with Crippen molar-refractivity contribution in [3.05, 3.63) is 81.8 Å². The number of thiophene rings is 1. The molecule has 1 aromatic heterocycles. The van der Waals surface area contributed by atoms with E-state index < -0.39 is 5.54 Å². The Morgan fingerprint density at radius 3 is 2.17 bits per heavy atom. The summed E-state index contributed by atoms with van der Waals surface area (Å²) in [5, 5.41) is 2.87. The second kappa shape index (κ2) is 11.4. The van der Waals surface area contributed by atoms with Crippen molar-refractivity contribution in [2.45, 2.75) is 46.3 Å². The molecule has 3 aromatic rings. The number of nitrogens with one attached hydrogen (secondary N) is 1. The van der Waals surface area contributed by atoms with E-state index in [1.165, 1.54) is 17.0 Å². The average Bonchev–Trinajstić information content (AvgIpc) is 3.22. The number of halogens is 1. The van der Waals surface area contributed by atoms with E-state index in [1.807, 2.05) is 39.8 Å². The third kappa shape index (κ3) is 7.55. The molecule has 0 unspecified atom stereocenters. The summed E-state index contributed by atoms with van der Waals surface area (Å²) in [7, 11) is 1.58. The maximum Gasteiger partial charge on any atom is 0.322 e. The van der Waals surface area contributed by atoms with Gasteiger partial charge < -0.3 is 19.9 Å². The first-order valence-electron chi connectivity index (χ1n) is 11.4. The Hall–Kier alpha value is -3.39. The number of carbonyl (C=O) groups excluding carboxylic acids is 2. The number of methoxy groups -OCH3 is 1. The van der Waals surface area contributed by atoms with Gasteiger partial charge in [0.05, 0.1) is 13.7 Å². The highest BCUT2D eigenvalue weighted by atomic mass is 32.1. The number of hydrogen-bond acceptors (Lipinski definition) is 4. The van der Waals surface area contributed by atoms with Crippen molar-refractivity contribution in [2.75, 3.05) is 19.0 Å². The van der Waals surface area contributed by atoms with Crippen LogP contribution in [0.3, 0.4) is 0 Å². The third-order valence-corrected chi connectivity index (χ3v) is 6.46. The standard InChI is InChI=1S/C27H32FN3O3S/c1-19-6-15-24(35-19)17-30(16-20-7-9-21(28)10-8-20)25(32)18-31(27(2,3)4)26(33)29-22-11-13-23(34-5)14-12-22/h6-15H,16-18H2,1-5H3,(H,29,33). The van der Waals surface area contributed by atoms with Crippen LogP contribution in [-0.4, -0.2) is 40.9 Å². The van der Waals surface area contributed by atoms with Crippen molar-refractivity contribution < 1.29 is 18.7 Å². The van der Waals surface area contributed by atoms with Crippen molar-refractivity contribution >= 4 is 29.0 Å². The van der Waals surface area contributed by atoms with Gasteiger partial charge in [-0.05, 0) is 81.8 Å². The molecule has 0 atom stereocenters. The molecule has 6 nitrogen and oxygen atoms in total. The Morgan fingerprint density at radius 2 is 1.63 bits per heavy atom. The molecule has 0 saturated heterocycles. The number of urea groups is 1. The molecule has 0 bridgehead atoms. The summed E-state index contributed by atoms with van der Waals surface area (Å²) in [6.45, 7) is 8.31. The number of ether oxygens (including phenoxy) is 1. The zero-order chi connectivity index (χ0) is 25.6. The van der Waals surface area contributed by atoms with Gasteiger partial charge in [-0.2, -0.15) is 0 Å². The molecular formula is C27H32FN3O3S. The van der Waals surface area contributed by atoms with E-state index in [1.54, 1.807) is 59.7 Å².